The Labute approximate surface area is 68.9 Å². The predicted octanol–water partition coefficient (Wildman–Crippen LogP) is 2.12. The summed E-state index contributed by atoms with van der Waals surface area (Å²) in [5, 5.41) is 18.8. The highest BCUT2D eigenvalue weighted by molar-refractivity contribution is 5.59. The van der Waals surface area contributed by atoms with Gasteiger partial charge in [-0.25, -0.2) is 0 Å². The van der Waals surface area contributed by atoms with Crippen molar-refractivity contribution in [2.75, 3.05) is 0 Å². The number of hydrogen-bond acceptors (Lipinski definition) is 3. The molecule has 12 heavy (non-hydrogen) atoms. The van der Waals surface area contributed by atoms with E-state index in [0.717, 1.165) is 6.26 Å². The predicted molar refractivity (Wildman–Crippen MR) is 44.8 cm³/mol. The van der Waals surface area contributed by atoms with Crippen LogP contribution in [0.3, 0.4) is 0 Å². The van der Waals surface area contributed by atoms with Crippen molar-refractivity contribution in [3.63, 3.8) is 0 Å². The summed E-state index contributed by atoms with van der Waals surface area (Å²) in [5.41, 5.74) is 0.382. The number of para-hydroxylation sites is 1. The zero-order valence-electron chi connectivity index (χ0n) is 6.18. The first-order chi connectivity index (χ1) is 5.75. The molecule has 1 aromatic rings. The van der Waals surface area contributed by atoms with Crippen molar-refractivity contribution >= 4 is 11.8 Å². The van der Waals surface area contributed by atoms with Gasteiger partial charge >= 0.3 is 0 Å². The smallest absolute Gasteiger partial charge is 0.276 e. The number of nitro groups is 1. The van der Waals surface area contributed by atoms with Crippen molar-refractivity contribution in [3.05, 3.63) is 46.2 Å². The SMILES string of the molecule is O=[N+]([O-])c1ccccc1/C=C/O. The molecule has 0 aliphatic rings. The minimum Gasteiger partial charge on any atom is -0.516 e. The third-order valence-corrected chi connectivity index (χ3v) is 1.39. The standard InChI is InChI=1S/C8H7NO3/c10-6-5-7-3-1-2-4-8(7)9(11)12/h1-6,10H/b6-5+. The maximum absolute atomic E-state index is 10.4. The van der Waals surface area contributed by atoms with Gasteiger partial charge in [0, 0.05) is 6.07 Å². The van der Waals surface area contributed by atoms with Gasteiger partial charge in [-0.15, -0.1) is 0 Å². The zero-order chi connectivity index (χ0) is 8.97. The lowest BCUT2D eigenvalue weighted by Crippen LogP contribution is -1.90. The van der Waals surface area contributed by atoms with E-state index < -0.39 is 4.92 Å². The van der Waals surface area contributed by atoms with Gasteiger partial charge in [0.15, 0.2) is 0 Å². The van der Waals surface area contributed by atoms with E-state index in [1.807, 2.05) is 0 Å². The summed E-state index contributed by atoms with van der Waals surface area (Å²) >= 11 is 0. The lowest BCUT2D eigenvalue weighted by atomic mass is 10.2. The summed E-state index contributed by atoms with van der Waals surface area (Å²) in [6, 6.07) is 6.19. The van der Waals surface area contributed by atoms with Crippen molar-refractivity contribution in [1.29, 1.82) is 0 Å². The number of hydrogen-bond donors (Lipinski definition) is 1. The molecule has 0 bridgehead atoms. The van der Waals surface area contributed by atoms with E-state index in [9.17, 15) is 10.1 Å². The average Bonchev–Trinajstić information content (AvgIpc) is 2.05. The molecule has 0 aliphatic heterocycles. The van der Waals surface area contributed by atoms with Crippen LogP contribution in [-0.2, 0) is 0 Å². The fourth-order valence-electron chi connectivity index (χ4n) is 0.875. The largest absolute Gasteiger partial charge is 0.516 e. The van der Waals surface area contributed by atoms with Crippen molar-refractivity contribution < 1.29 is 10.0 Å². The molecule has 0 unspecified atom stereocenters. The molecule has 0 heterocycles. The Balaban J connectivity index is 3.17. The third-order valence-electron chi connectivity index (χ3n) is 1.39. The van der Waals surface area contributed by atoms with Crippen molar-refractivity contribution in [2.45, 2.75) is 0 Å². The van der Waals surface area contributed by atoms with E-state index in [1.54, 1.807) is 18.2 Å². The summed E-state index contributed by atoms with van der Waals surface area (Å²) in [7, 11) is 0. The highest BCUT2D eigenvalue weighted by atomic mass is 16.6. The van der Waals surface area contributed by atoms with Crippen LogP contribution < -0.4 is 0 Å². The number of nitrogens with zero attached hydrogens (tertiary/aromatic N) is 1. The first-order valence-corrected chi connectivity index (χ1v) is 3.30. The van der Waals surface area contributed by atoms with Crippen LogP contribution in [0, 0.1) is 10.1 Å². The monoisotopic (exact) mass is 165 g/mol. The van der Waals surface area contributed by atoms with Gasteiger partial charge in [0.1, 0.15) is 0 Å². The number of nitro benzene ring substituents is 1. The third kappa shape index (κ3) is 1.60. The maximum atomic E-state index is 10.4. The summed E-state index contributed by atoms with van der Waals surface area (Å²) in [5.74, 6) is 0. The van der Waals surface area contributed by atoms with Crippen LogP contribution >= 0.6 is 0 Å². The van der Waals surface area contributed by atoms with Gasteiger partial charge in [-0.3, -0.25) is 10.1 Å². The van der Waals surface area contributed by atoms with Crippen LogP contribution in [0.25, 0.3) is 6.08 Å². The van der Waals surface area contributed by atoms with E-state index in [-0.39, 0.29) is 5.69 Å². The Morgan fingerprint density at radius 1 is 1.42 bits per heavy atom. The topological polar surface area (TPSA) is 63.4 Å². The van der Waals surface area contributed by atoms with E-state index in [1.165, 1.54) is 12.1 Å². The molecule has 0 aromatic heterocycles. The van der Waals surface area contributed by atoms with Gasteiger partial charge in [0.25, 0.3) is 5.69 Å². The van der Waals surface area contributed by atoms with Gasteiger partial charge in [0.2, 0.25) is 0 Å². The lowest BCUT2D eigenvalue weighted by molar-refractivity contribution is -0.385. The minimum absolute atomic E-state index is 0.0113. The maximum Gasteiger partial charge on any atom is 0.276 e. The number of aliphatic hydroxyl groups is 1. The molecule has 0 radical (unpaired) electrons. The Kier molecular flexibility index (Phi) is 2.42. The first kappa shape index (κ1) is 8.26. The number of rotatable bonds is 2. The van der Waals surface area contributed by atoms with Gasteiger partial charge in [-0.2, -0.15) is 0 Å². The fraction of sp³-hybridized carbons (Fsp3) is 0. The molecular weight excluding hydrogens is 158 g/mol. The van der Waals surface area contributed by atoms with Crippen LogP contribution in [0.5, 0.6) is 0 Å². The van der Waals surface area contributed by atoms with E-state index >= 15 is 0 Å². The second kappa shape index (κ2) is 3.52. The molecule has 0 saturated heterocycles. The van der Waals surface area contributed by atoms with Crippen LogP contribution in [0.1, 0.15) is 5.56 Å². The molecule has 1 rings (SSSR count). The van der Waals surface area contributed by atoms with Gasteiger partial charge < -0.3 is 5.11 Å². The lowest BCUT2D eigenvalue weighted by Gasteiger charge is -1.94. The number of aliphatic hydroxyl groups excluding tert-OH is 1. The summed E-state index contributed by atoms with van der Waals surface area (Å²) in [4.78, 5) is 9.90. The van der Waals surface area contributed by atoms with Gasteiger partial charge in [-0.05, 0) is 12.1 Å². The molecule has 1 aromatic carbocycles. The van der Waals surface area contributed by atoms with Crippen molar-refractivity contribution in [1.82, 2.24) is 0 Å². The molecule has 0 spiro atoms. The fourth-order valence-corrected chi connectivity index (χ4v) is 0.875. The van der Waals surface area contributed by atoms with Crippen LogP contribution in [0.4, 0.5) is 5.69 Å². The summed E-state index contributed by atoms with van der Waals surface area (Å²) in [6.45, 7) is 0. The molecular formula is C8H7NO3. The second-order valence-corrected chi connectivity index (χ2v) is 2.13. The average molecular weight is 165 g/mol. The summed E-state index contributed by atoms with van der Waals surface area (Å²) < 4.78 is 0. The van der Waals surface area contributed by atoms with Gasteiger partial charge in [0.05, 0.1) is 16.7 Å². The Hall–Kier alpha value is -1.84. The second-order valence-electron chi connectivity index (χ2n) is 2.13. The molecule has 0 aliphatic carbocycles. The number of benzene rings is 1. The molecule has 0 saturated carbocycles. The molecule has 4 heteroatoms. The quantitative estimate of drug-likeness (QED) is 0.414. The van der Waals surface area contributed by atoms with Crippen LogP contribution in [0.15, 0.2) is 30.5 Å². The van der Waals surface area contributed by atoms with Crippen molar-refractivity contribution in [3.8, 4) is 0 Å². The van der Waals surface area contributed by atoms with Crippen LogP contribution in [0.2, 0.25) is 0 Å². The Bertz CT molecular complexity index is 320. The van der Waals surface area contributed by atoms with Crippen LogP contribution in [-0.4, -0.2) is 10.0 Å². The van der Waals surface area contributed by atoms with Gasteiger partial charge in [-0.1, -0.05) is 12.1 Å². The molecule has 4 nitrogen and oxygen atoms in total. The molecule has 0 amide bonds. The van der Waals surface area contributed by atoms with E-state index in [0.29, 0.717) is 5.56 Å². The molecule has 62 valence electrons. The highest BCUT2D eigenvalue weighted by Gasteiger charge is 2.08. The molecule has 0 atom stereocenters. The molecule has 0 fully saturated rings. The minimum atomic E-state index is -0.491. The van der Waals surface area contributed by atoms with E-state index in [4.69, 9.17) is 5.11 Å². The molecule has 1 N–H and O–H groups in total. The normalized spacial score (nSPS) is 10.3. The first-order valence-electron chi connectivity index (χ1n) is 3.30. The van der Waals surface area contributed by atoms with Crippen molar-refractivity contribution in [2.24, 2.45) is 0 Å². The Morgan fingerprint density at radius 2 is 2.08 bits per heavy atom. The highest BCUT2D eigenvalue weighted by Crippen LogP contribution is 2.18. The summed E-state index contributed by atoms with van der Waals surface area (Å²) in [6.07, 6.45) is 2.06. The Morgan fingerprint density at radius 3 is 2.67 bits per heavy atom. The van der Waals surface area contributed by atoms with E-state index in [2.05, 4.69) is 0 Å². The zero-order valence-corrected chi connectivity index (χ0v) is 6.18.